The van der Waals surface area contributed by atoms with E-state index in [0.29, 0.717) is 21.7 Å². The van der Waals surface area contributed by atoms with Crippen molar-refractivity contribution in [3.8, 4) is 6.07 Å². The summed E-state index contributed by atoms with van der Waals surface area (Å²) >= 11 is 3.27. The summed E-state index contributed by atoms with van der Waals surface area (Å²) in [7, 11) is 0. The maximum Gasteiger partial charge on any atom is 0.188 e. The van der Waals surface area contributed by atoms with Crippen molar-refractivity contribution in [2.24, 2.45) is 0 Å². The monoisotopic (exact) mass is 303 g/mol. The number of rotatable bonds is 3. The van der Waals surface area contributed by atoms with Crippen LogP contribution in [0.1, 0.15) is 27.4 Å². The van der Waals surface area contributed by atoms with E-state index < -0.39 is 0 Å². The molecule has 0 amide bonds. The number of nitriles is 1. The van der Waals surface area contributed by atoms with Crippen molar-refractivity contribution in [2.45, 2.75) is 13.3 Å². The standard InChI is InChI=1S/C13H10BrN3O/c1-8-16-12(13(14)17-8)11(18)6-9-2-4-10(7-15)5-3-9/h2-5H,6H2,1H3,(H,16,17). The summed E-state index contributed by atoms with van der Waals surface area (Å²) in [5, 5.41) is 8.69. The molecule has 0 saturated carbocycles. The molecule has 0 radical (unpaired) electrons. The normalized spacial score (nSPS) is 10.1. The molecule has 18 heavy (non-hydrogen) atoms. The molecule has 0 saturated heterocycles. The molecule has 0 fully saturated rings. The second-order valence-electron chi connectivity index (χ2n) is 3.89. The van der Waals surface area contributed by atoms with Gasteiger partial charge in [0.05, 0.1) is 11.6 Å². The lowest BCUT2D eigenvalue weighted by Gasteiger charge is -1.99. The predicted molar refractivity (Wildman–Crippen MR) is 70.2 cm³/mol. The van der Waals surface area contributed by atoms with Crippen LogP contribution in [0.25, 0.3) is 0 Å². The Hall–Kier alpha value is -1.93. The molecule has 0 aliphatic heterocycles. The van der Waals surface area contributed by atoms with Crippen LogP contribution in [-0.2, 0) is 6.42 Å². The molecule has 0 unspecified atom stereocenters. The number of ketones is 1. The van der Waals surface area contributed by atoms with Gasteiger partial charge in [-0.15, -0.1) is 0 Å². The highest BCUT2D eigenvalue weighted by Crippen LogP contribution is 2.16. The minimum Gasteiger partial charge on any atom is -0.336 e. The van der Waals surface area contributed by atoms with Crippen molar-refractivity contribution in [1.29, 1.82) is 5.26 Å². The molecule has 2 rings (SSSR count). The Morgan fingerprint density at radius 3 is 2.61 bits per heavy atom. The Kier molecular flexibility index (Phi) is 3.58. The van der Waals surface area contributed by atoms with Crippen LogP contribution < -0.4 is 0 Å². The van der Waals surface area contributed by atoms with Gasteiger partial charge in [0.15, 0.2) is 5.78 Å². The number of carbonyl (C=O) groups excluding carboxylic acids is 1. The number of aromatic amines is 1. The molecule has 4 nitrogen and oxygen atoms in total. The lowest BCUT2D eigenvalue weighted by Crippen LogP contribution is -2.05. The minimum absolute atomic E-state index is 0.0593. The molecule has 2 aromatic rings. The van der Waals surface area contributed by atoms with Gasteiger partial charge in [-0.2, -0.15) is 5.26 Å². The number of benzene rings is 1. The van der Waals surface area contributed by atoms with Gasteiger partial charge >= 0.3 is 0 Å². The first-order valence-corrected chi connectivity index (χ1v) is 6.14. The van der Waals surface area contributed by atoms with Gasteiger partial charge in [-0.3, -0.25) is 4.79 Å². The first-order valence-electron chi connectivity index (χ1n) is 5.34. The number of imidazole rings is 1. The van der Waals surface area contributed by atoms with Crippen LogP contribution in [0, 0.1) is 18.3 Å². The fraction of sp³-hybridized carbons (Fsp3) is 0.154. The summed E-state index contributed by atoms with van der Waals surface area (Å²) in [5.74, 6) is 0.640. The van der Waals surface area contributed by atoms with E-state index in [2.05, 4.69) is 25.9 Å². The Labute approximate surface area is 113 Å². The van der Waals surface area contributed by atoms with Gasteiger partial charge in [0.2, 0.25) is 0 Å². The van der Waals surface area contributed by atoms with E-state index in [4.69, 9.17) is 5.26 Å². The second kappa shape index (κ2) is 5.15. The van der Waals surface area contributed by atoms with Crippen molar-refractivity contribution in [3.05, 3.63) is 51.5 Å². The smallest absolute Gasteiger partial charge is 0.188 e. The zero-order valence-corrected chi connectivity index (χ0v) is 11.3. The molecule has 5 heteroatoms. The zero-order valence-electron chi connectivity index (χ0n) is 9.70. The molecule has 0 spiro atoms. The molecule has 90 valence electrons. The van der Waals surface area contributed by atoms with Gasteiger partial charge in [0, 0.05) is 6.42 Å². The second-order valence-corrected chi connectivity index (χ2v) is 4.69. The first-order chi connectivity index (χ1) is 8.60. The van der Waals surface area contributed by atoms with Gasteiger partial charge in [-0.05, 0) is 40.5 Å². The molecule has 0 atom stereocenters. The number of hydrogen-bond acceptors (Lipinski definition) is 3. The maximum atomic E-state index is 12.0. The fourth-order valence-electron chi connectivity index (χ4n) is 1.61. The van der Waals surface area contributed by atoms with E-state index in [0.717, 1.165) is 5.56 Å². The van der Waals surface area contributed by atoms with Crippen molar-refractivity contribution in [3.63, 3.8) is 0 Å². The molecular formula is C13H10BrN3O. The third-order valence-electron chi connectivity index (χ3n) is 2.49. The summed E-state index contributed by atoms with van der Waals surface area (Å²) in [4.78, 5) is 19.1. The van der Waals surface area contributed by atoms with Crippen LogP contribution >= 0.6 is 15.9 Å². The largest absolute Gasteiger partial charge is 0.336 e. The zero-order chi connectivity index (χ0) is 13.1. The first kappa shape index (κ1) is 12.5. The third kappa shape index (κ3) is 2.66. The minimum atomic E-state index is -0.0593. The highest BCUT2D eigenvalue weighted by atomic mass is 79.9. The number of carbonyl (C=O) groups is 1. The maximum absolute atomic E-state index is 12.0. The number of aryl methyl sites for hydroxylation is 1. The lowest BCUT2D eigenvalue weighted by atomic mass is 10.1. The average Bonchev–Trinajstić information content (AvgIpc) is 2.69. The van der Waals surface area contributed by atoms with Gasteiger partial charge in [-0.1, -0.05) is 12.1 Å². The van der Waals surface area contributed by atoms with Crippen LogP contribution in [0.3, 0.4) is 0 Å². The van der Waals surface area contributed by atoms with Crippen molar-refractivity contribution >= 4 is 21.7 Å². The molecule has 0 bridgehead atoms. The molecule has 0 aliphatic carbocycles. The molecule has 1 N–H and O–H groups in total. The summed E-state index contributed by atoms with van der Waals surface area (Å²) in [6.07, 6.45) is 0.272. The summed E-state index contributed by atoms with van der Waals surface area (Å²) in [6, 6.07) is 9.01. The Morgan fingerprint density at radius 2 is 2.11 bits per heavy atom. The fourth-order valence-corrected chi connectivity index (χ4v) is 2.21. The van der Waals surface area contributed by atoms with E-state index in [1.54, 1.807) is 31.2 Å². The third-order valence-corrected chi connectivity index (χ3v) is 3.06. The van der Waals surface area contributed by atoms with E-state index in [9.17, 15) is 4.79 Å². The van der Waals surface area contributed by atoms with E-state index in [-0.39, 0.29) is 12.2 Å². The topological polar surface area (TPSA) is 69.5 Å². The highest BCUT2D eigenvalue weighted by molar-refractivity contribution is 9.10. The van der Waals surface area contributed by atoms with Gasteiger partial charge in [-0.25, -0.2) is 4.98 Å². The number of H-pyrrole nitrogens is 1. The molecule has 1 aromatic carbocycles. The van der Waals surface area contributed by atoms with Gasteiger partial charge in [0.25, 0.3) is 0 Å². The van der Waals surface area contributed by atoms with E-state index >= 15 is 0 Å². The Morgan fingerprint density at radius 1 is 1.44 bits per heavy atom. The average molecular weight is 304 g/mol. The SMILES string of the molecule is Cc1nc(C(=O)Cc2ccc(C#N)cc2)c(Br)[nH]1. The number of aromatic nitrogens is 2. The van der Waals surface area contributed by atoms with Crippen molar-refractivity contribution in [1.82, 2.24) is 9.97 Å². The van der Waals surface area contributed by atoms with Crippen LogP contribution in [0.2, 0.25) is 0 Å². The van der Waals surface area contributed by atoms with E-state index in [1.807, 2.05) is 6.07 Å². The van der Waals surface area contributed by atoms with Crippen molar-refractivity contribution < 1.29 is 4.79 Å². The summed E-state index contributed by atoms with van der Waals surface area (Å²) in [5.41, 5.74) is 1.87. The van der Waals surface area contributed by atoms with Crippen molar-refractivity contribution in [2.75, 3.05) is 0 Å². The summed E-state index contributed by atoms with van der Waals surface area (Å²) in [6.45, 7) is 1.79. The van der Waals surface area contributed by atoms with E-state index in [1.165, 1.54) is 0 Å². The predicted octanol–water partition coefficient (Wildman–Crippen LogP) is 2.78. The molecule has 1 heterocycles. The lowest BCUT2D eigenvalue weighted by molar-refractivity contribution is 0.0988. The number of nitrogens with one attached hydrogen (secondary N) is 1. The number of halogens is 1. The molecular weight excluding hydrogens is 294 g/mol. The van der Waals surface area contributed by atoms with Crippen LogP contribution in [0.5, 0.6) is 0 Å². The van der Waals surface area contributed by atoms with Crippen LogP contribution in [-0.4, -0.2) is 15.8 Å². The Balaban J connectivity index is 2.16. The summed E-state index contributed by atoms with van der Waals surface area (Å²) < 4.78 is 0.610. The number of hydrogen-bond donors (Lipinski definition) is 1. The highest BCUT2D eigenvalue weighted by Gasteiger charge is 2.14. The van der Waals surface area contributed by atoms with Crippen LogP contribution in [0.15, 0.2) is 28.9 Å². The van der Waals surface area contributed by atoms with Crippen LogP contribution in [0.4, 0.5) is 0 Å². The Bertz CT molecular complexity index is 623. The van der Waals surface area contributed by atoms with Gasteiger partial charge < -0.3 is 4.98 Å². The van der Waals surface area contributed by atoms with Gasteiger partial charge in [0.1, 0.15) is 16.1 Å². The molecule has 1 aromatic heterocycles. The quantitative estimate of drug-likeness (QED) is 0.886. The molecule has 0 aliphatic rings. The number of Topliss-reactive ketones (excluding diaryl/α,β-unsaturated/α-hetero) is 1. The number of nitrogens with zero attached hydrogens (tertiary/aromatic N) is 2.